The molecule has 0 saturated carbocycles. The summed E-state index contributed by atoms with van der Waals surface area (Å²) in [4.78, 5) is 24.6. The lowest BCUT2D eigenvalue weighted by Crippen LogP contribution is -2.33. The fourth-order valence-corrected chi connectivity index (χ4v) is 3.11. The van der Waals surface area contributed by atoms with Crippen molar-refractivity contribution < 1.29 is 9.59 Å². The van der Waals surface area contributed by atoms with Gasteiger partial charge >= 0.3 is 0 Å². The van der Waals surface area contributed by atoms with Crippen LogP contribution in [0, 0.1) is 0 Å². The van der Waals surface area contributed by atoms with Crippen molar-refractivity contribution in [1.82, 2.24) is 10.6 Å². The highest BCUT2D eigenvalue weighted by Crippen LogP contribution is 2.26. The number of benzene rings is 1. The second-order valence-corrected chi connectivity index (χ2v) is 7.31. The maximum absolute atomic E-state index is 12.1. The Labute approximate surface area is 147 Å². The Morgan fingerprint density at radius 1 is 1.00 bits per heavy atom. The fraction of sp³-hybridized carbons (Fsp3) is 0.368. The van der Waals surface area contributed by atoms with Gasteiger partial charge in [-0.3, -0.25) is 9.59 Å². The van der Waals surface area contributed by atoms with E-state index in [1.54, 1.807) is 6.07 Å². The molecule has 1 aromatic heterocycles. The van der Waals surface area contributed by atoms with Gasteiger partial charge in [0, 0.05) is 19.5 Å². The molecule has 0 saturated heterocycles. The number of nitrogens with one attached hydrogen (secondary N) is 2. The first-order valence-electron chi connectivity index (χ1n) is 8.13. The van der Waals surface area contributed by atoms with E-state index in [9.17, 15) is 9.59 Å². The number of rotatable bonds is 8. The van der Waals surface area contributed by atoms with Gasteiger partial charge in [-0.1, -0.05) is 50.2 Å². The van der Waals surface area contributed by atoms with E-state index in [4.69, 9.17) is 0 Å². The van der Waals surface area contributed by atoms with Crippen LogP contribution in [0.15, 0.2) is 47.8 Å². The van der Waals surface area contributed by atoms with Crippen LogP contribution in [0.1, 0.15) is 41.9 Å². The molecular formula is C19H24N2O2S. The van der Waals surface area contributed by atoms with Crippen molar-refractivity contribution in [3.8, 4) is 0 Å². The number of thiophene rings is 1. The van der Waals surface area contributed by atoms with Crippen LogP contribution in [0.5, 0.6) is 0 Å². The van der Waals surface area contributed by atoms with E-state index in [0.29, 0.717) is 30.8 Å². The summed E-state index contributed by atoms with van der Waals surface area (Å²) in [5.41, 5.74) is 0.960. The summed E-state index contributed by atoms with van der Waals surface area (Å²) in [5, 5.41) is 7.66. The Morgan fingerprint density at radius 2 is 1.71 bits per heavy atom. The Hall–Kier alpha value is -2.14. The summed E-state index contributed by atoms with van der Waals surface area (Å²) in [7, 11) is 0. The fourth-order valence-electron chi connectivity index (χ4n) is 2.47. The molecule has 0 radical (unpaired) electrons. The van der Waals surface area contributed by atoms with Crippen LogP contribution < -0.4 is 10.6 Å². The average molecular weight is 344 g/mol. The van der Waals surface area contributed by atoms with Gasteiger partial charge in [0.1, 0.15) is 0 Å². The molecule has 128 valence electrons. The lowest BCUT2D eigenvalue weighted by atomic mass is 9.81. The molecule has 2 rings (SSSR count). The van der Waals surface area contributed by atoms with Gasteiger partial charge in [0.15, 0.2) is 0 Å². The number of carbonyl (C=O) groups is 2. The van der Waals surface area contributed by atoms with Crippen molar-refractivity contribution in [3.05, 3.63) is 58.3 Å². The van der Waals surface area contributed by atoms with E-state index in [1.807, 2.05) is 41.8 Å². The van der Waals surface area contributed by atoms with Gasteiger partial charge in [0.05, 0.1) is 4.88 Å². The van der Waals surface area contributed by atoms with Gasteiger partial charge in [0.2, 0.25) is 5.91 Å². The van der Waals surface area contributed by atoms with Gasteiger partial charge in [-0.05, 0) is 28.8 Å². The monoisotopic (exact) mass is 344 g/mol. The van der Waals surface area contributed by atoms with Crippen molar-refractivity contribution in [3.63, 3.8) is 0 Å². The molecule has 2 amide bonds. The van der Waals surface area contributed by atoms with Gasteiger partial charge in [-0.25, -0.2) is 0 Å². The van der Waals surface area contributed by atoms with Crippen LogP contribution in [-0.4, -0.2) is 24.9 Å². The second-order valence-electron chi connectivity index (χ2n) is 6.36. The summed E-state index contributed by atoms with van der Waals surface area (Å²) in [6, 6.07) is 13.7. The SMILES string of the molecule is CC(C)(CC(=O)NCCCNC(=O)c1cccs1)c1ccccc1. The standard InChI is InChI=1S/C19H24N2O2S/c1-19(2,15-8-4-3-5-9-15)14-17(22)20-11-7-12-21-18(23)16-10-6-13-24-16/h3-6,8-10,13H,7,11-12,14H2,1-2H3,(H,20,22)(H,21,23). The van der Waals surface area contributed by atoms with Crippen molar-refractivity contribution in [1.29, 1.82) is 0 Å². The average Bonchev–Trinajstić information content (AvgIpc) is 3.09. The maximum atomic E-state index is 12.1. The minimum absolute atomic E-state index is 0.0356. The third kappa shape index (κ3) is 5.49. The van der Waals surface area contributed by atoms with Gasteiger partial charge < -0.3 is 10.6 Å². The smallest absolute Gasteiger partial charge is 0.261 e. The minimum Gasteiger partial charge on any atom is -0.356 e. The van der Waals surface area contributed by atoms with Crippen molar-refractivity contribution in [2.45, 2.75) is 32.1 Å². The zero-order valence-electron chi connectivity index (χ0n) is 14.2. The minimum atomic E-state index is -0.196. The van der Waals surface area contributed by atoms with Gasteiger partial charge in [0.25, 0.3) is 5.91 Å². The number of amides is 2. The van der Waals surface area contributed by atoms with Crippen LogP contribution in [0.25, 0.3) is 0 Å². The molecule has 2 N–H and O–H groups in total. The molecule has 0 aliphatic heterocycles. The Balaban J connectivity index is 1.65. The molecule has 1 heterocycles. The molecule has 1 aromatic carbocycles. The predicted molar refractivity (Wildman–Crippen MR) is 98.4 cm³/mol. The molecule has 0 aliphatic rings. The molecule has 0 atom stereocenters. The highest BCUT2D eigenvalue weighted by molar-refractivity contribution is 7.12. The van der Waals surface area contributed by atoms with Crippen LogP contribution in [0.4, 0.5) is 0 Å². The van der Waals surface area contributed by atoms with Crippen molar-refractivity contribution >= 4 is 23.2 Å². The van der Waals surface area contributed by atoms with E-state index in [-0.39, 0.29) is 17.2 Å². The third-order valence-corrected chi connectivity index (χ3v) is 4.73. The summed E-state index contributed by atoms with van der Waals surface area (Å²) in [6.45, 7) is 5.26. The third-order valence-electron chi connectivity index (χ3n) is 3.86. The normalized spacial score (nSPS) is 11.1. The zero-order chi connectivity index (χ0) is 17.4. The van der Waals surface area contributed by atoms with Crippen LogP contribution in [0.3, 0.4) is 0 Å². The Morgan fingerprint density at radius 3 is 2.38 bits per heavy atom. The van der Waals surface area contributed by atoms with E-state index in [0.717, 1.165) is 5.56 Å². The lowest BCUT2D eigenvalue weighted by molar-refractivity contribution is -0.122. The molecular weight excluding hydrogens is 320 g/mol. The lowest BCUT2D eigenvalue weighted by Gasteiger charge is -2.24. The topological polar surface area (TPSA) is 58.2 Å². The van der Waals surface area contributed by atoms with Crippen LogP contribution >= 0.6 is 11.3 Å². The van der Waals surface area contributed by atoms with E-state index >= 15 is 0 Å². The maximum Gasteiger partial charge on any atom is 0.261 e. The Kier molecular flexibility index (Phi) is 6.55. The molecule has 2 aromatic rings. The molecule has 5 heteroatoms. The van der Waals surface area contributed by atoms with Crippen LogP contribution in [-0.2, 0) is 10.2 Å². The molecule has 0 unspecified atom stereocenters. The molecule has 0 fully saturated rings. The first kappa shape index (κ1) is 18.2. The molecule has 0 aliphatic carbocycles. The highest BCUT2D eigenvalue weighted by atomic mass is 32.1. The van der Waals surface area contributed by atoms with E-state index in [2.05, 4.69) is 24.5 Å². The summed E-state index contributed by atoms with van der Waals surface area (Å²) in [5.74, 6) is -0.0185. The van der Waals surface area contributed by atoms with E-state index in [1.165, 1.54) is 11.3 Å². The molecule has 0 bridgehead atoms. The number of hydrogen-bond acceptors (Lipinski definition) is 3. The number of carbonyl (C=O) groups excluding carboxylic acids is 2. The summed E-state index contributed by atoms with van der Waals surface area (Å²) < 4.78 is 0. The molecule has 4 nitrogen and oxygen atoms in total. The largest absolute Gasteiger partial charge is 0.356 e. The van der Waals surface area contributed by atoms with Gasteiger partial charge in [-0.15, -0.1) is 11.3 Å². The van der Waals surface area contributed by atoms with Crippen molar-refractivity contribution in [2.75, 3.05) is 13.1 Å². The second kappa shape index (κ2) is 8.64. The first-order chi connectivity index (χ1) is 11.5. The highest BCUT2D eigenvalue weighted by Gasteiger charge is 2.23. The number of hydrogen-bond donors (Lipinski definition) is 2. The summed E-state index contributed by atoms with van der Waals surface area (Å²) >= 11 is 1.42. The van der Waals surface area contributed by atoms with Crippen molar-refractivity contribution in [2.24, 2.45) is 0 Å². The molecule has 24 heavy (non-hydrogen) atoms. The van der Waals surface area contributed by atoms with E-state index < -0.39 is 0 Å². The Bertz CT molecular complexity index is 651. The molecule has 0 spiro atoms. The summed E-state index contributed by atoms with van der Waals surface area (Å²) in [6.07, 6.45) is 1.16. The quantitative estimate of drug-likeness (QED) is 0.722. The zero-order valence-corrected chi connectivity index (χ0v) is 15.0. The van der Waals surface area contributed by atoms with Crippen LogP contribution in [0.2, 0.25) is 0 Å². The predicted octanol–water partition coefficient (Wildman–Crippen LogP) is 3.35. The van der Waals surface area contributed by atoms with Gasteiger partial charge in [-0.2, -0.15) is 0 Å². The first-order valence-corrected chi connectivity index (χ1v) is 9.01.